The van der Waals surface area contributed by atoms with Gasteiger partial charge in [-0.2, -0.15) is 0 Å². The smallest absolute Gasteiger partial charge is 0.250 e. The number of amides is 1. The van der Waals surface area contributed by atoms with Crippen molar-refractivity contribution < 1.29 is 14.3 Å². The third kappa shape index (κ3) is 5.45. The topological polar surface area (TPSA) is 91.4 Å². The van der Waals surface area contributed by atoms with E-state index in [9.17, 15) is 4.79 Å². The van der Waals surface area contributed by atoms with E-state index in [-0.39, 0.29) is 11.7 Å². The molecule has 3 aromatic carbocycles. The zero-order valence-corrected chi connectivity index (χ0v) is 23.3. The minimum Gasteiger partial charge on any atom is -0.489 e. The average Bonchev–Trinajstić information content (AvgIpc) is 3.30. The molecule has 7 nitrogen and oxygen atoms in total. The number of rotatable bonds is 7. The lowest BCUT2D eigenvalue weighted by Gasteiger charge is -2.25. The number of benzene rings is 3. The third-order valence-electron chi connectivity index (χ3n) is 6.43. The van der Waals surface area contributed by atoms with Crippen LogP contribution in [0.4, 0.5) is 0 Å². The van der Waals surface area contributed by atoms with Crippen LogP contribution in [0.5, 0.6) is 11.5 Å². The summed E-state index contributed by atoms with van der Waals surface area (Å²) in [7, 11) is 0. The molecule has 0 radical (unpaired) electrons. The van der Waals surface area contributed by atoms with E-state index >= 15 is 0 Å². The summed E-state index contributed by atoms with van der Waals surface area (Å²) in [5.41, 5.74) is 9.06. The third-order valence-corrected chi connectivity index (χ3v) is 7.79. The highest BCUT2D eigenvalue weighted by molar-refractivity contribution is 9.10. The summed E-state index contributed by atoms with van der Waals surface area (Å²) in [6.07, 6.45) is 3.21. The summed E-state index contributed by atoms with van der Waals surface area (Å²) in [6.45, 7) is 3.74. The summed E-state index contributed by atoms with van der Waals surface area (Å²) in [6, 6.07) is 15.0. The molecule has 1 saturated heterocycles. The van der Waals surface area contributed by atoms with Gasteiger partial charge in [0, 0.05) is 16.1 Å². The molecule has 1 aliphatic heterocycles. The van der Waals surface area contributed by atoms with Crippen LogP contribution in [-0.2, 0) is 0 Å². The van der Waals surface area contributed by atoms with Crippen molar-refractivity contribution >= 4 is 57.1 Å². The number of fused-ring (bicyclic) bond motifs is 1. The van der Waals surface area contributed by atoms with Gasteiger partial charge >= 0.3 is 0 Å². The highest BCUT2D eigenvalue weighted by atomic mass is 79.9. The van der Waals surface area contributed by atoms with E-state index in [0.717, 1.165) is 47.0 Å². The standard InChI is InChI=1S/C27H26BrClN4O3S/c1-15(19-3-2-4-23(25(19)29)36-18-7-9-31-10-8-18)35-24-13-17(12-20(26(24)37)27(30)34)33-14-32-21-6-5-16(28)11-22(21)33/h2-6,11-15,18,31,37H,7-10H2,1H3,(H2,30,34)/t15-/m1/s1. The molecule has 192 valence electrons. The molecular weight excluding hydrogens is 576 g/mol. The number of hydrogen-bond acceptors (Lipinski definition) is 6. The molecule has 0 aliphatic carbocycles. The van der Waals surface area contributed by atoms with Crippen LogP contribution in [0.15, 0.2) is 64.2 Å². The molecule has 3 N–H and O–H groups in total. The van der Waals surface area contributed by atoms with Gasteiger partial charge in [0.2, 0.25) is 5.91 Å². The molecule has 0 saturated carbocycles. The number of thiol groups is 1. The van der Waals surface area contributed by atoms with Crippen LogP contribution in [0.3, 0.4) is 0 Å². The molecule has 37 heavy (non-hydrogen) atoms. The second-order valence-electron chi connectivity index (χ2n) is 8.94. The van der Waals surface area contributed by atoms with Gasteiger partial charge in [0.1, 0.15) is 30.0 Å². The second-order valence-corrected chi connectivity index (χ2v) is 10.7. The maximum Gasteiger partial charge on any atom is 0.250 e. The van der Waals surface area contributed by atoms with Gasteiger partial charge < -0.3 is 20.5 Å². The van der Waals surface area contributed by atoms with Crippen molar-refractivity contribution in [3.05, 3.63) is 75.5 Å². The van der Waals surface area contributed by atoms with Gasteiger partial charge in [0.15, 0.2) is 0 Å². The molecule has 2 heterocycles. The number of carbonyl (C=O) groups excluding carboxylic acids is 1. The Bertz CT molecular complexity index is 1470. The Kier molecular flexibility index (Phi) is 7.67. The Morgan fingerprint density at radius 1 is 1.22 bits per heavy atom. The van der Waals surface area contributed by atoms with Gasteiger partial charge in [-0.1, -0.05) is 39.7 Å². The lowest BCUT2D eigenvalue weighted by molar-refractivity contribution is 0.0996. The molecule has 1 fully saturated rings. The van der Waals surface area contributed by atoms with E-state index in [0.29, 0.717) is 27.1 Å². The SMILES string of the molecule is C[C@@H](Oc1cc(-n2cnc3ccc(Br)cc32)cc(C(N)=O)c1S)c1cccc(OC2CCNCC2)c1Cl. The lowest BCUT2D eigenvalue weighted by atomic mass is 10.1. The Morgan fingerprint density at radius 3 is 2.76 bits per heavy atom. The monoisotopic (exact) mass is 600 g/mol. The van der Waals surface area contributed by atoms with Gasteiger partial charge in [0.25, 0.3) is 0 Å². The molecule has 4 aromatic rings. The van der Waals surface area contributed by atoms with Crippen LogP contribution in [0.25, 0.3) is 16.7 Å². The molecule has 1 amide bonds. The molecule has 5 rings (SSSR count). The quantitative estimate of drug-likeness (QED) is 0.223. The largest absolute Gasteiger partial charge is 0.489 e. The van der Waals surface area contributed by atoms with E-state index in [4.69, 9.17) is 26.8 Å². The molecule has 0 spiro atoms. The number of piperidine rings is 1. The first-order valence-electron chi connectivity index (χ1n) is 11.9. The van der Waals surface area contributed by atoms with Crippen molar-refractivity contribution in [1.82, 2.24) is 14.9 Å². The first kappa shape index (κ1) is 25.9. The van der Waals surface area contributed by atoms with E-state index < -0.39 is 12.0 Å². The van der Waals surface area contributed by atoms with Crippen LogP contribution >= 0.6 is 40.2 Å². The molecule has 1 atom stereocenters. The number of ether oxygens (including phenoxy) is 2. The predicted molar refractivity (Wildman–Crippen MR) is 152 cm³/mol. The fourth-order valence-corrected chi connectivity index (χ4v) is 5.44. The minimum absolute atomic E-state index is 0.120. The molecule has 0 bridgehead atoms. The fraction of sp³-hybridized carbons (Fsp3) is 0.259. The van der Waals surface area contributed by atoms with Crippen LogP contribution in [0, 0.1) is 0 Å². The van der Waals surface area contributed by atoms with Crippen LogP contribution in [0.1, 0.15) is 41.8 Å². The van der Waals surface area contributed by atoms with Crippen LogP contribution in [0.2, 0.25) is 5.02 Å². The maximum atomic E-state index is 12.3. The number of aromatic nitrogens is 2. The molecule has 1 aliphatic rings. The number of halogens is 2. The van der Waals surface area contributed by atoms with E-state index in [1.165, 1.54) is 0 Å². The van der Waals surface area contributed by atoms with Gasteiger partial charge in [0.05, 0.1) is 32.2 Å². The maximum absolute atomic E-state index is 12.3. The molecule has 1 aromatic heterocycles. The normalized spacial score (nSPS) is 15.0. The highest BCUT2D eigenvalue weighted by Gasteiger charge is 2.22. The first-order valence-corrected chi connectivity index (χ1v) is 13.6. The zero-order valence-electron chi connectivity index (χ0n) is 20.1. The van der Waals surface area contributed by atoms with Crippen molar-refractivity contribution in [2.75, 3.05) is 13.1 Å². The second kappa shape index (κ2) is 10.9. The first-order chi connectivity index (χ1) is 17.8. The van der Waals surface area contributed by atoms with Gasteiger partial charge in [-0.3, -0.25) is 9.36 Å². The number of nitrogens with two attached hydrogens (primary N) is 1. The average molecular weight is 602 g/mol. The summed E-state index contributed by atoms with van der Waals surface area (Å²) in [4.78, 5) is 17.1. The molecule has 10 heteroatoms. The van der Waals surface area contributed by atoms with Crippen molar-refractivity contribution in [2.45, 2.75) is 36.9 Å². The fourth-order valence-electron chi connectivity index (χ4n) is 4.48. The van der Waals surface area contributed by atoms with Crippen molar-refractivity contribution in [3.8, 4) is 17.2 Å². The van der Waals surface area contributed by atoms with Crippen LogP contribution < -0.4 is 20.5 Å². The van der Waals surface area contributed by atoms with E-state index in [1.807, 2.05) is 54.0 Å². The summed E-state index contributed by atoms with van der Waals surface area (Å²) in [5, 5.41) is 3.84. The summed E-state index contributed by atoms with van der Waals surface area (Å²) in [5.74, 6) is 0.430. The highest BCUT2D eigenvalue weighted by Crippen LogP contribution is 2.38. The number of carbonyl (C=O) groups is 1. The number of nitrogens with zero attached hydrogens (tertiary/aromatic N) is 2. The number of hydrogen-bond donors (Lipinski definition) is 3. The van der Waals surface area contributed by atoms with Gasteiger partial charge in [-0.25, -0.2) is 4.98 Å². The Labute approximate surface area is 233 Å². The summed E-state index contributed by atoms with van der Waals surface area (Å²) < 4.78 is 15.3. The predicted octanol–water partition coefficient (Wildman–Crippen LogP) is 6.10. The molecular formula is C27H26BrClN4O3S. The van der Waals surface area contributed by atoms with E-state index in [2.05, 4.69) is 38.9 Å². The summed E-state index contributed by atoms with van der Waals surface area (Å²) >= 11 is 14.9. The lowest BCUT2D eigenvalue weighted by Crippen LogP contribution is -2.34. The number of nitrogens with one attached hydrogen (secondary N) is 1. The number of imidazole rings is 1. The number of primary amides is 1. The zero-order chi connectivity index (χ0) is 26.1. The van der Waals surface area contributed by atoms with E-state index in [1.54, 1.807) is 12.4 Å². The Morgan fingerprint density at radius 2 is 2.00 bits per heavy atom. The molecule has 0 unspecified atom stereocenters. The Balaban J connectivity index is 1.49. The van der Waals surface area contributed by atoms with Crippen molar-refractivity contribution in [1.29, 1.82) is 0 Å². The van der Waals surface area contributed by atoms with Crippen molar-refractivity contribution in [3.63, 3.8) is 0 Å². The van der Waals surface area contributed by atoms with Crippen molar-refractivity contribution in [2.24, 2.45) is 5.73 Å². The van der Waals surface area contributed by atoms with Gasteiger partial charge in [-0.15, -0.1) is 12.6 Å². The van der Waals surface area contributed by atoms with Gasteiger partial charge in [-0.05, 0) is 63.2 Å². The Hall–Kier alpha value is -2.72. The van der Waals surface area contributed by atoms with Crippen LogP contribution in [-0.4, -0.2) is 34.7 Å². The minimum atomic E-state index is -0.606.